The van der Waals surface area contributed by atoms with Crippen molar-refractivity contribution in [3.05, 3.63) is 17.7 Å². The van der Waals surface area contributed by atoms with Gasteiger partial charge in [0.25, 0.3) is 0 Å². The lowest BCUT2D eigenvalue weighted by Crippen LogP contribution is -2.94. The van der Waals surface area contributed by atoms with E-state index in [-0.39, 0.29) is 66.7 Å². The van der Waals surface area contributed by atoms with Crippen LogP contribution in [0.5, 0.6) is 0 Å². The van der Waals surface area contributed by atoms with Crippen LogP contribution < -0.4 is 16.2 Å². The minimum atomic E-state index is -1.94. The summed E-state index contributed by atoms with van der Waals surface area (Å²) in [6, 6.07) is 0. The number of aliphatic imine (C=N–C) groups is 1. The summed E-state index contributed by atoms with van der Waals surface area (Å²) in [6.45, 7) is 5.54. The molecule has 1 saturated heterocycles. The zero-order valence-electron chi connectivity index (χ0n) is 37.2. The lowest BCUT2D eigenvalue weighted by atomic mass is 9.63. The quantitative estimate of drug-likeness (QED) is 0.0658. The van der Waals surface area contributed by atoms with Crippen molar-refractivity contribution in [1.82, 2.24) is 0 Å². The van der Waals surface area contributed by atoms with Crippen molar-refractivity contribution in [2.24, 2.45) is 75.8 Å². The topological polar surface area (TPSA) is 182 Å². The Hall–Kier alpha value is -2.10. The number of carbonyl (C=O) groups is 2. The molecule has 2 aliphatic heterocycles. The Morgan fingerprint density at radius 3 is 2.53 bits per heavy atom. The van der Waals surface area contributed by atoms with Crippen LogP contribution in [0.3, 0.4) is 0 Å². The van der Waals surface area contributed by atoms with Crippen LogP contribution in [0.15, 0.2) is 16.8 Å². The van der Waals surface area contributed by atoms with E-state index in [9.17, 15) is 30.0 Å². The molecule has 3 saturated carbocycles. The highest BCUT2D eigenvalue weighted by molar-refractivity contribution is 6.05. The smallest absolute Gasteiger partial charge is 0.177 e. The summed E-state index contributed by atoms with van der Waals surface area (Å²) in [5, 5.41) is 49.1. The number of aliphatic hydroxyl groups excluding tert-OH is 3. The fourth-order valence-electron chi connectivity index (χ4n) is 12.8. The molecule has 4 aliphatic carbocycles. The predicted molar refractivity (Wildman–Crippen MR) is 233 cm³/mol. The zero-order valence-corrected chi connectivity index (χ0v) is 37.2. The first kappa shape index (κ1) is 47.4. The summed E-state index contributed by atoms with van der Waals surface area (Å²) in [5.41, 5.74) is 7.37. The van der Waals surface area contributed by atoms with Crippen molar-refractivity contribution in [1.29, 1.82) is 0 Å². The second-order valence-electron chi connectivity index (χ2n) is 20.3. The Morgan fingerprint density at radius 1 is 1.00 bits per heavy atom. The van der Waals surface area contributed by atoms with Crippen molar-refractivity contribution >= 4 is 17.8 Å². The number of hydrogen-bond acceptors (Lipinski definition) is 9. The summed E-state index contributed by atoms with van der Waals surface area (Å²) in [7, 11) is 1.64. The van der Waals surface area contributed by atoms with Gasteiger partial charge < -0.3 is 40.1 Å². The number of unbranched alkanes of at least 4 members (excludes halogenated alkanes) is 1. The summed E-state index contributed by atoms with van der Waals surface area (Å²) >= 11 is 0. The van der Waals surface area contributed by atoms with E-state index in [1.807, 2.05) is 6.21 Å². The molecule has 0 aromatic rings. The summed E-state index contributed by atoms with van der Waals surface area (Å²) in [4.78, 5) is 33.3. The fourth-order valence-corrected chi connectivity index (χ4v) is 12.8. The Morgan fingerprint density at radius 2 is 1.80 bits per heavy atom. The van der Waals surface area contributed by atoms with Gasteiger partial charge in [-0.1, -0.05) is 44.4 Å². The van der Waals surface area contributed by atoms with Crippen LogP contribution in [-0.4, -0.2) is 83.9 Å². The van der Waals surface area contributed by atoms with Gasteiger partial charge in [0.05, 0.1) is 31.3 Å². The average Bonchev–Trinajstić information content (AvgIpc) is 3.63. The maximum atomic E-state index is 14.7. The van der Waals surface area contributed by atoms with Crippen LogP contribution in [0, 0.1) is 82.9 Å². The molecule has 0 spiro atoms. The number of methoxy groups -OCH3 is 1. The maximum Gasteiger partial charge on any atom is 0.177 e. The van der Waals surface area contributed by atoms with Gasteiger partial charge >= 0.3 is 0 Å². The van der Waals surface area contributed by atoms with Crippen molar-refractivity contribution < 1.29 is 40.1 Å². The molecule has 0 bridgehead atoms. The number of ketones is 2. The minimum Gasteiger partial charge on any atom is -0.841 e. The molecule has 10 heteroatoms. The fraction of sp³-hybridized carbons (Fsp3) is 0.840. The number of allylic oxidation sites excluding steroid dienone is 1. The molecule has 0 aromatic heterocycles. The van der Waals surface area contributed by atoms with Crippen molar-refractivity contribution in [2.45, 2.75) is 179 Å². The number of nitrogens with two attached hydrogens (primary N) is 2. The van der Waals surface area contributed by atoms with Gasteiger partial charge in [0, 0.05) is 50.2 Å². The zero-order chi connectivity index (χ0) is 42.8. The standard InChI is InChI=1S/C50H79N3O7/c1-4-10-41(45(56)28-39-25-38(30-53-39)31(2)11-8-9-20-54)37-23-33(21-32-18-19-52-48(51)24-32)22-35-14-16-40(34-12-6-5-7-13-34)42-29-46(57)47(60-3)27-36(42)15-17-44(55)50(59)49(58)43(35)26-37/h25,30-37,40-43,45-48,50,52,54,56-57H,4-13,15,17-24,26-29,51H2,1-3H3/p+1/t31-,32?,33+,35+,36?,37+,40-,41+,42?,43+,45-,46?,47?,48?,50+/m1/s1. The molecule has 0 amide bonds. The predicted octanol–water partition coefficient (Wildman–Crippen LogP) is 5.06. The number of carbonyl (C=O) groups excluding carboxylic acids is 2. The molecule has 6 aliphatic rings. The monoisotopic (exact) mass is 835 g/mol. The molecule has 336 valence electrons. The Kier molecular flexibility index (Phi) is 18.2. The Labute approximate surface area is 361 Å². The van der Waals surface area contributed by atoms with E-state index in [4.69, 9.17) is 15.5 Å². The number of aliphatic hydroxyl groups is 3. The summed E-state index contributed by atoms with van der Waals surface area (Å²) < 4.78 is 5.73. The number of quaternary nitrogens is 1. The van der Waals surface area contributed by atoms with Gasteiger partial charge in [-0.2, -0.15) is 0 Å². The third-order valence-electron chi connectivity index (χ3n) is 16.2. The third-order valence-corrected chi connectivity index (χ3v) is 16.2. The molecule has 7 N–H and O–H groups in total. The number of Topliss-reactive ketones (excluding diaryl/α,β-unsaturated/α-hetero) is 2. The first-order chi connectivity index (χ1) is 29.0. The van der Waals surface area contributed by atoms with Crippen LogP contribution in [0.25, 0.3) is 0 Å². The summed E-state index contributed by atoms with van der Waals surface area (Å²) in [6.07, 6.45) is 18.0. The molecule has 60 heavy (non-hydrogen) atoms. The molecule has 0 radical (unpaired) electrons. The SMILES string of the molecule is CCC[C@@H]([C@H]1C[C@@H](CC2CC[NH2+]C(N)C2)C[C@@H]2C#C[C@H](C3CCCCC3)C3CC(O)C(OC)CC3CCC(=O)[C@H]([O-])C(=O)[C@H]2C1)[C@H](O)CC1=C[C+]([C@H](C)CCCCO)C=N1. The van der Waals surface area contributed by atoms with E-state index in [1.165, 1.54) is 19.3 Å². The lowest BCUT2D eigenvalue weighted by molar-refractivity contribution is -0.699. The van der Waals surface area contributed by atoms with E-state index >= 15 is 0 Å². The lowest BCUT2D eigenvalue weighted by Gasteiger charge is -2.44. The van der Waals surface area contributed by atoms with Crippen LogP contribution in [0.1, 0.15) is 149 Å². The molecule has 6 unspecified atom stereocenters. The molecular weight excluding hydrogens is 755 g/mol. The summed E-state index contributed by atoms with van der Waals surface area (Å²) in [5.74, 6) is 8.31. The van der Waals surface area contributed by atoms with E-state index in [1.54, 1.807) is 7.11 Å². The van der Waals surface area contributed by atoms with Crippen molar-refractivity contribution in [3.8, 4) is 11.8 Å². The van der Waals surface area contributed by atoms with Crippen molar-refractivity contribution in [3.63, 3.8) is 0 Å². The number of rotatable bonds is 15. The van der Waals surface area contributed by atoms with Crippen LogP contribution >= 0.6 is 0 Å². The van der Waals surface area contributed by atoms with Gasteiger partial charge in [0.2, 0.25) is 0 Å². The molecule has 15 atom stereocenters. The Bertz CT molecular complexity index is 1500. The van der Waals surface area contributed by atoms with Gasteiger partial charge in [0.15, 0.2) is 5.70 Å². The molecule has 4 fully saturated rings. The normalized spacial score (nSPS) is 37.3. The Balaban J connectivity index is 1.34. The van der Waals surface area contributed by atoms with E-state index in [0.29, 0.717) is 56.3 Å². The molecule has 2 heterocycles. The van der Waals surface area contributed by atoms with Crippen LogP contribution in [0.4, 0.5) is 0 Å². The highest BCUT2D eigenvalue weighted by atomic mass is 16.5. The van der Waals surface area contributed by atoms with Gasteiger partial charge in [-0.25, -0.2) is 0 Å². The number of nitrogens with zero attached hydrogens (tertiary/aromatic N) is 1. The molecular formula is C50H80N3O7+. The number of piperidine rings is 1. The first-order valence-electron chi connectivity index (χ1n) is 24.4. The molecule has 6 rings (SSSR count). The largest absolute Gasteiger partial charge is 0.841 e. The van der Waals surface area contributed by atoms with Gasteiger partial charge in [0.1, 0.15) is 35.9 Å². The number of fused-ring (bicyclic) bond motifs is 2. The van der Waals surface area contributed by atoms with E-state index in [0.717, 1.165) is 88.8 Å². The highest BCUT2D eigenvalue weighted by Crippen LogP contribution is 2.48. The first-order valence-corrected chi connectivity index (χ1v) is 24.4. The van der Waals surface area contributed by atoms with E-state index < -0.39 is 35.8 Å². The van der Waals surface area contributed by atoms with Gasteiger partial charge in [-0.3, -0.25) is 5.73 Å². The van der Waals surface area contributed by atoms with Crippen LogP contribution in [0.2, 0.25) is 0 Å². The van der Waals surface area contributed by atoms with Gasteiger partial charge in [-0.05, 0) is 144 Å². The molecule has 10 nitrogen and oxygen atoms in total. The van der Waals surface area contributed by atoms with Crippen molar-refractivity contribution in [2.75, 3.05) is 20.3 Å². The maximum absolute atomic E-state index is 14.7. The van der Waals surface area contributed by atoms with Gasteiger partial charge in [-0.15, -0.1) is 4.99 Å². The molecule has 0 aromatic carbocycles. The third kappa shape index (κ3) is 12.3. The van der Waals surface area contributed by atoms with Crippen LogP contribution in [-0.2, 0) is 14.3 Å². The number of hydrogen-bond donors (Lipinski definition) is 5. The highest BCUT2D eigenvalue weighted by Gasteiger charge is 2.46. The average molecular weight is 835 g/mol. The van der Waals surface area contributed by atoms with E-state index in [2.05, 4.69) is 37.1 Å². The second kappa shape index (κ2) is 23.0. The second-order valence-corrected chi connectivity index (χ2v) is 20.3. The number of ether oxygens (including phenoxy) is 1. The minimum absolute atomic E-state index is 0.0189.